The number of rotatable bonds is 4. The normalized spacial score (nSPS) is 13.8. The van der Waals surface area contributed by atoms with Gasteiger partial charge < -0.3 is 15.5 Å². The summed E-state index contributed by atoms with van der Waals surface area (Å²) in [6, 6.07) is 15.6. The smallest absolute Gasteiger partial charge is 0.229 e. The van der Waals surface area contributed by atoms with Crippen LogP contribution in [0.2, 0.25) is 0 Å². The molecule has 2 N–H and O–H groups in total. The summed E-state index contributed by atoms with van der Waals surface area (Å²) in [7, 11) is 0. The molecule has 4 rings (SSSR count). The van der Waals surface area contributed by atoms with E-state index < -0.39 is 0 Å². The van der Waals surface area contributed by atoms with Crippen molar-refractivity contribution in [2.24, 2.45) is 0 Å². The van der Waals surface area contributed by atoms with E-state index in [9.17, 15) is 4.79 Å². The van der Waals surface area contributed by atoms with E-state index in [4.69, 9.17) is 4.98 Å². The summed E-state index contributed by atoms with van der Waals surface area (Å²) in [5.74, 6) is 1.44. The van der Waals surface area contributed by atoms with Gasteiger partial charge in [-0.3, -0.25) is 4.79 Å². The van der Waals surface area contributed by atoms with Gasteiger partial charge >= 0.3 is 0 Å². The lowest BCUT2D eigenvalue weighted by Crippen LogP contribution is -2.20. The summed E-state index contributed by atoms with van der Waals surface area (Å²) in [5, 5.41) is 7.14. The zero-order valence-electron chi connectivity index (χ0n) is 14.7. The van der Waals surface area contributed by atoms with Crippen molar-refractivity contribution in [1.29, 1.82) is 0 Å². The molecule has 0 radical (unpaired) electrons. The fraction of sp³-hybridized carbons (Fsp3) is 0.250. The number of para-hydroxylation sites is 1. The Labute approximate surface area is 152 Å². The number of aromatic nitrogens is 2. The standard InChI is InChI=1S/C20H21N5O/c1-14(26)21-15-7-6-8-16(13-15)22-20-23-18-10-3-2-9-17(18)19(24-20)25-11-4-5-12-25/h2-3,6-10,13H,4-5,11-12H2,1H3,(H,21,26)(H,22,23,24). The molecule has 0 unspecified atom stereocenters. The number of carbonyl (C=O) groups is 1. The quantitative estimate of drug-likeness (QED) is 0.748. The lowest BCUT2D eigenvalue weighted by molar-refractivity contribution is -0.114. The average molecular weight is 347 g/mol. The molecule has 1 aliphatic rings. The largest absolute Gasteiger partial charge is 0.356 e. The minimum atomic E-state index is -0.0968. The Morgan fingerprint density at radius 1 is 1.00 bits per heavy atom. The number of carbonyl (C=O) groups excluding carboxylic acids is 1. The molecule has 1 saturated heterocycles. The van der Waals surface area contributed by atoms with Crippen LogP contribution in [0.3, 0.4) is 0 Å². The molecule has 26 heavy (non-hydrogen) atoms. The Bertz CT molecular complexity index is 950. The second-order valence-corrected chi connectivity index (χ2v) is 6.47. The molecule has 2 aromatic carbocycles. The first-order valence-corrected chi connectivity index (χ1v) is 8.85. The van der Waals surface area contributed by atoms with Crippen molar-refractivity contribution in [3.63, 3.8) is 0 Å². The van der Waals surface area contributed by atoms with Gasteiger partial charge in [0.15, 0.2) is 0 Å². The molecular formula is C20H21N5O. The van der Waals surface area contributed by atoms with Crippen molar-refractivity contribution in [3.05, 3.63) is 48.5 Å². The second kappa shape index (κ2) is 7.00. The van der Waals surface area contributed by atoms with Crippen LogP contribution in [0.25, 0.3) is 10.9 Å². The maximum Gasteiger partial charge on any atom is 0.229 e. The van der Waals surface area contributed by atoms with Gasteiger partial charge in [0.05, 0.1) is 5.52 Å². The summed E-state index contributed by atoms with van der Waals surface area (Å²) in [4.78, 5) is 23.0. The number of fused-ring (bicyclic) bond motifs is 1. The number of nitrogens with one attached hydrogen (secondary N) is 2. The van der Waals surface area contributed by atoms with Crippen molar-refractivity contribution >= 4 is 40.0 Å². The molecule has 3 aromatic rings. The van der Waals surface area contributed by atoms with Crippen LogP contribution in [0.1, 0.15) is 19.8 Å². The third-order valence-electron chi connectivity index (χ3n) is 4.43. The fourth-order valence-corrected chi connectivity index (χ4v) is 3.29. The van der Waals surface area contributed by atoms with Crippen LogP contribution < -0.4 is 15.5 Å². The first kappa shape index (κ1) is 16.3. The van der Waals surface area contributed by atoms with Crippen LogP contribution in [0.15, 0.2) is 48.5 Å². The van der Waals surface area contributed by atoms with Crippen LogP contribution in [-0.2, 0) is 4.79 Å². The monoisotopic (exact) mass is 347 g/mol. The minimum absolute atomic E-state index is 0.0968. The molecule has 6 heteroatoms. The molecule has 1 aromatic heterocycles. The van der Waals surface area contributed by atoms with Gasteiger partial charge in [-0.2, -0.15) is 4.98 Å². The molecule has 0 atom stereocenters. The Morgan fingerprint density at radius 2 is 1.77 bits per heavy atom. The molecule has 1 fully saturated rings. The highest BCUT2D eigenvalue weighted by atomic mass is 16.1. The molecule has 0 spiro atoms. The molecule has 2 heterocycles. The highest BCUT2D eigenvalue weighted by Crippen LogP contribution is 2.29. The van der Waals surface area contributed by atoms with E-state index in [1.165, 1.54) is 19.8 Å². The summed E-state index contributed by atoms with van der Waals surface area (Å²) < 4.78 is 0. The molecule has 0 aliphatic carbocycles. The van der Waals surface area contributed by atoms with E-state index in [-0.39, 0.29) is 5.91 Å². The van der Waals surface area contributed by atoms with E-state index >= 15 is 0 Å². The highest BCUT2D eigenvalue weighted by molar-refractivity contribution is 5.91. The first-order chi connectivity index (χ1) is 12.7. The van der Waals surface area contributed by atoms with E-state index in [0.717, 1.165) is 41.2 Å². The van der Waals surface area contributed by atoms with E-state index in [1.54, 1.807) is 0 Å². The van der Waals surface area contributed by atoms with Gasteiger partial charge in [-0.1, -0.05) is 18.2 Å². The Kier molecular flexibility index (Phi) is 4.39. The van der Waals surface area contributed by atoms with Crippen molar-refractivity contribution in [1.82, 2.24) is 9.97 Å². The number of amides is 1. The van der Waals surface area contributed by atoms with Gasteiger partial charge in [-0.25, -0.2) is 4.98 Å². The molecule has 1 aliphatic heterocycles. The third-order valence-corrected chi connectivity index (χ3v) is 4.43. The van der Waals surface area contributed by atoms with Crippen molar-refractivity contribution < 1.29 is 4.79 Å². The summed E-state index contributed by atoms with van der Waals surface area (Å²) in [6.07, 6.45) is 2.39. The topological polar surface area (TPSA) is 70.2 Å². The van der Waals surface area contributed by atoms with Crippen LogP contribution in [0.4, 0.5) is 23.1 Å². The van der Waals surface area contributed by atoms with E-state index in [0.29, 0.717) is 5.95 Å². The van der Waals surface area contributed by atoms with Crippen LogP contribution in [0, 0.1) is 0 Å². The van der Waals surface area contributed by atoms with Gasteiger partial charge in [0.25, 0.3) is 0 Å². The maximum absolute atomic E-state index is 11.3. The van der Waals surface area contributed by atoms with Crippen molar-refractivity contribution in [2.75, 3.05) is 28.6 Å². The number of nitrogens with zero attached hydrogens (tertiary/aromatic N) is 3. The van der Waals surface area contributed by atoms with E-state index in [2.05, 4.69) is 26.6 Å². The highest BCUT2D eigenvalue weighted by Gasteiger charge is 2.18. The SMILES string of the molecule is CC(=O)Nc1cccc(Nc2nc(N3CCCC3)c3ccccc3n2)c1. The first-order valence-electron chi connectivity index (χ1n) is 8.85. The van der Waals surface area contributed by atoms with Gasteiger partial charge in [0, 0.05) is 36.8 Å². The summed E-state index contributed by atoms with van der Waals surface area (Å²) in [6.45, 7) is 3.55. The Morgan fingerprint density at radius 3 is 2.58 bits per heavy atom. The Hall–Kier alpha value is -3.15. The number of anilines is 4. The summed E-state index contributed by atoms with van der Waals surface area (Å²) >= 11 is 0. The minimum Gasteiger partial charge on any atom is -0.356 e. The zero-order chi connectivity index (χ0) is 17.9. The van der Waals surface area contributed by atoms with Crippen molar-refractivity contribution in [2.45, 2.75) is 19.8 Å². The zero-order valence-corrected chi connectivity index (χ0v) is 14.7. The average Bonchev–Trinajstić information content (AvgIpc) is 3.15. The fourth-order valence-electron chi connectivity index (χ4n) is 3.29. The third kappa shape index (κ3) is 3.44. The van der Waals surface area contributed by atoms with Gasteiger partial charge in [0.2, 0.25) is 11.9 Å². The molecule has 0 bridgehead atoms. The lowest BCUT2D eigenvalue weighted by atomic mass is 10.2. The van der Waals surface area contributed by atoms with Gasteiger partial charge in [-0.05, 0) is 43.2 Å². The predicted octanol–water partition coefficient (Wildman–Crippen LogP) is 3.93. The predicted molar refractivity (Wildman–Crippen MR) is 105 cm³/mol. The molecule has 132 valence electrons. The number of hydrogen-bond donors (Lipinski definition) is 2. The lowest BCUT2D eigenvalue weighted by Gasteiger charge is -2.19. The van der Waals surface area contributed by atoms with E-state index in [1.807, 2.05) is 42.5 Å². The van der Waals surface area contributed by atoms with Crippen LogP contribution in [-0.4, -0.2) is 29.0 Å². The number of hydrogen-bond acceptors (Lipinski definition) is 5. The number of benzene rings is 2. The molecular weight excluding hydrogens is 326 g/mol. The van der Waals surface area contributed by atoms with Gasteiger partial charge in [-0.15, -0.1) is 0 Å². The molecule has 6 nitrogen and oxygen atoms in total. The second-order valence-electron chi connectivity index (χ2n) is 6.47. The summed E-state index contributed by atoms with van der Waals surface area (Å²) in [5.41, 5.74) is 2.49. The maximum atomic E-state index is 11.3. The van der Waals surface area contributed by atoms with Crippen molar-refractivity contribution in [3.8, 4) is 0 Å². The molecule has 1 amide bonds. The molecule has 0 saturated carbocycles. The van der Waals surface area contributed by atoms with Crippen LogP contribution in [0.5, 0.6) is 0 Å². The Balaban J connectivity index is 1.69. The van der Waals surface area contributed by atoms with Gasteiger partial charge in [0.1, 0.15) is 5.82 Å². The van der Waals surface area contributed by atoms with Crippen LogP contribution >= 0.6 is 0 Å².